The fourth-order valence-corrected chi connectivity index (χ4v) is 3.34. The highest BCUT2D eigenvalue weighted by Gasteiger charge is 2.33. The first-order valence-electron chi connectivity index (χ1n) is 8.23. The normalized spacial score (nSPS) is 24.5. The summed E-state index contributed by atoms with van der Waals surface area (Å²) in [6.07, 6.45) is 9.44. The number of aromatic nitrogens is 5. The van der Waals surface area contributed by atoms with Gasteiger partial charge in [0.25, 0.3) is 0 Å². The molecule has 0 aromatic carbocycles. The summed E-state index contributed by atoms with van der Waals surface area (Å²) < 4.78 is 7.44. The predicted octanol–water partition coefficient (Wildman–Crippen LogP) is 2.15. The second-order valence-electron chi connectivity index (χ2n) is 6.45. The van der Waals surface area contributed by atoms with Gasteiger partial charge in [0, 0.05) is 12.0 Å². The maximum absolute atomic E-state index is 5.53. The van der Waals surface area contributed by atoms with E-state index >= 15 is 0 Å². The quantitative estimate of drug-likeness (QED) is 0.842. The van der Waals surface area contributed by atoms with Crippen LogP contribution in [0.15, 0.2) is 17.2 Å². The molecular weight excluding hydrogens is 280 g/mol. The van der Waals surface area contributed by atoms with E-state index in [2.05, 4.69) is 32.0 Å². The highest BCUT2D eigenvalue weighted by atomic mass is 16.5. The topological polar surface area (TPSA) is 72.9 Å². The van der Waals surface area contributed by atoms with E-state index < -0.39 is 0 Å². The van der Waals surface area contributed by atoms with Gasteiger partial charge in [0.1, 0.15) is 12.7 Å². The average Bonchev–Trinajstić information content (AvgIpc) is 3.06. The fraction of sp³-hybridized carbons (Fsp3) is 0.733. The van der Waals surface area contributed by atoms with Crippen molar-refractivity contribution < 1.29 is 4.52 Å². The standard InChI is InChI=1S/C15H22N6O/c1-11(15-18-14(19-22-15)12-5-6-12)21-7-3-2-4-13(21)8-20-10-16-9-17-20/h9-13H,2-8H2,1H3/t11-,13+/m1/s1. The number of rotatable bonds is 5. The zero-order valence-corrected chi connectivity index (χ0v) is 12.9. The van der Waals surface area contributed by atoms with Crippen molar-refractivity contribution in [3.8, 4) is 0 Å². The minimum atomic E-state index is 0.161. The molecule has 7 nitrogen and oxygen atoms in total. The summed E-state index contributed by atoms with van der Waals surface area (Å²) in [4.78, 5) is 11.1. The molecule has 0 N–H and O–H groups in total. The molecule has 2 atom stereocenters. The van der Waals surface area contributed by atoms with Crippen molar-refractivity contribution in [3.63, 3.8) is 0 Å². The van der Waals surface area contributed by atoms with Gasteiger partial charge < -0.3 is 4.52 Å². The predicted molar refractivity (Wildman–Crippen MR) is 79.1 cm³/mol. The Hall–Kier alpha value is -1.76. The van der Waals surface area contributed by atoms with Crippen molar-refractivity contribution in [1.29, 1.82) is 0 Å². The smallest absolute Gasteiger partial charge is 0.243 e. The molecule has 7 heteroatoms. The first kappa shape index (κ1) is 13.9. The van der Waals surface area contributed by atoms with Crippen LogP contribution in [0.1, 0.15) is 62.7 Å². The van der Waals surface area contributed by atoms with Gasteiger partial charge in [-0.3, -0.25) is 9.58 Å². The second-order valence-corrected chi connectivity index (χ2v) is 6.45. The van der Waals surface area contributed by atoms with Crippen molar-refractivity contribution in [2.75, 3.05) is 6.54 Å². The van der Waals surface area contributed by atoms with Gasteiger partial charge in [-0.05, 0) is 39.2 Å². The number of hydrogen-bond donors (Lipinski definition) is 0. The van der Waals surface area contributed by atoms with Crippen molar-refractivity contribution in [2.45, 2.75) is 63.6 Å². The molecule has 1 saturated heterocycles. The summed E-state index contributed by atoms with van der Waals surface area (Å²) in [7, 11) is 0. The van der Waals surface area contributed by atoms with Gasteiger partial charge in [0.05, 0.1) is 12.6 Å². The first-order chi connectivity index (χ1) is 10.8. The Bertz CT molecular complexity index is 605. The Labute approximate surface area is 129 Å². The van der Waals surface area contributed by atoms with Crippen LogP contribution >= 0.6 is 0 Å². The van der Waals surface area contributed by atoms with Gasteiger partial charge in [-0.1, -0.05) is 11.6 Å². The van der Waals surface area contributed by atoms with Crippen LogP contribution in [0.2, 0.25) is 0 Å². The summed E-state index contributed by atoms with van der Waals surface area (Å²) >= 11 is 0. The molecular formula is C15H22N6O. The van der Waals surface area contributed by atoms with E-state index in [9.17, 15) is 0 Å². The summed E-state index contributed by atoms with van der Waals surface area (Å²) in [5.74, 6) is 2.19. The maximum Gasteiger partial charge on any atom is 0.243 e. The third kappa shape index (κ3) is 2.77. The molecule has 0 unspecified atom stereocenters. The fourth-order valence-electron chi connectivity index (χ4n) is 3.34. The lowest BCUT2D eigenvalue weighted by atomic mass is 10.00. The van der Waals surface area contributed by atoms with Gasteiger partial charge in [0.2, 0.25) is 5.89 Å². The molecule has 2 fully saturated rings. The summed E-state index contributed by atoms with van der Waals surface area (Å²) in [5, 5.41) is 8.39. The van der Waals surface area contributed by atoms with E-state index in [1.165, 1.54) is 32.1 Å². The lowest BCUT2D eigenvalue weighted by Gasteiger charge is -2.38. The lowest BCUT2D eigenvalue weighted by molar-refractivity contribution is 0.0719. The molecule has 1 aliphatic carbocycles. The van der Waals surface area contributed by atoms with Crippen LogP contribution in [0.4, 0.5) is 0 Å². The van der Waals surface area contributed by atoms with Gasteiger partial charge in [-0.25, -0.2) is 4.98 Å². The molecule has 0 radical (unpaired) electrons. The minimum absolute atomic E-state index is 0.161. The molecule has 2 aromatic rings. The van der Waals surface area contributed by atoms with E-state index in [-0.39, 0.29) is 6.04 Å². The Balaban J connectivity index is 1.49. The molecule has 2 aliphatic rings. The Morgan fingerprint density at radius 3 is 3.00 bits per heavy atom. The van der Waals surface area contributed by atoms with Crippen molar-refractivity contribution in [1.82, 2.24) is 29.8 Å². The number of nitrogens with zero attached hydrogens (tertiary/aromatic N) is 6. The summed E-state index contributed by atoms with van der Waals surface area (Å²) in [6.45, 7) is 4.11. The molecule has 2 aromatic heterocycles. The van der Waals surface area contributed by atoms with Crippen molar-refractivity contribution in [2.24, 2.45) is 0 Å². The number of hydrogen-bond acceptors (Lipinski definition) is 6. The van der Waals surface area contributed by atoms with Crippen LogP contribution in [0.3, 0.4) is 0 Å². The summed E-state index contributed by atoms with van der Waals surface area (Å²) in [6, 6.07) is 0.607. The Morgan fingerprint density at radius 2 is 2.23 bits per heavy atom. The molecule has 4 rings (SSSR count). The van der Waals surface area contributed by atoms with Crippen molar-refractivity contribution in [3.05, 3.63) is 24.4 Å². The third-order valence-electron chi connectivity index (χ3n) is 4.79. The van der Waals surface area contributed by atoms with Gasteiger partial charge in [0.15, 0.2) is 5.82 Å². The van der Waals surface area contributed by atoms with Gasteiger partial charge >= 0.3 is 0 Å². The van der Waals surface area contributed by atoms with Gasteiger partial charge in [-0.15, -0.1) is 0 Å². The highest BCUT2D eigenvalue weighted by molar-refractivity contribution is 5.05. The van der Waals surface area contributed by atoms with E-state index in [0.29, 0.717) is 12.0 Å². The highest BCUT2D eigenvalue weighted by Crippen LogP contribution is 2.39. The largest absolute Gasteiger partial charge is 0.338 e. The number of likely N-dealkylation sites (tertiary alicyclic amines) is 1. The SMILES string of the molecule is C[C@H](c1nc(C2CC2)no1)N1CCCC[C@H]1Cn1cncn1. The first-order valence-corrected chi connectivity index (χ1v) is 8.23. The second kappa shape index (κ2) is 5.79. The van der Waals surface area contributed by atoms with Crippen LogP contribution < -0.4 is 0 Å². The van der Waals surface area contributed by atoms with Crippen LogP contribution in [-0.4, -0.2) is 42.4 Å². The lowest BCUT2D eigenvalue weighted by Crippen LogP contribution is -2.43. The molecule has 1 aliphatic heterocycles. The minimum Gasteiger partial charge on any atom is -0.338 e. The molecule has 22 heavy (non-hydrogen) atoms. The van der Waals surface area contributed by atoms with Crippen molar-refractivity contribution >= 4 is 0 Å². The van der Waals surface area contributed by atoms with E-state index in [4.69, 9.17) is 4.52 Å². The zero-order chi connectivity index (χ0) is 14.9. The van der Waals surface area contributed by atoms with Crippen LogP contribution in [-0.2, 0) is 6.54 Å². The van der Waals surface area contributed by atoms with Crippen LogP contribution in [0.25, 0.3) is 0 Å². The Kier molecular flexibility index (Phi) is 3.65. The Morgan fingerprint density at radius 1 is 1.32 bits per heavy atom. The molecule has 3 heterocycles. The maximum atomic E-state index is 5.53. The molecule has 1 saturated carbocycles. The monoisotopic (exact) mass is 302 g/mol. The van der Waals surface area contributed by atoms with Crippen LogP contribution in [0, 0.1) is 0 Å². The number of piperidine rings is 1. The van der Waals surface area contributed by atoms with E-state index in [0.717, 1.165) is 24.8 Å². The third-order valence-corrected chi connectivity index (χ3v) is 4.79. The molecule has 0 spiro atoms. The van der Waals surface area contributed by atoms with E-state index in [1.807, 2.05) is 4.68 Å². The van der Waals surface area contributed by atoms with Gasteiger partial charge in [-0.2, -0.15) is 10.1 Å². The average molecular weight is 302 g/mol. The zero-order valence-electron chi connectivity index (χ0n) is 12.9. The van der Waals surface area contributed by atoms with E-state index in [1.54, 1.807) is 12.7 Å². The molecule has 0 amide bonds. The summed E-state index contributed by atoms with van der Waals surface area (Å²) in [5.41, 5.74) is 0. The molecule has 118 valence electrons. The van der Waals surface area contributed by atoms with Crippen LogP contribution in [0.5, 0.6) is 0 Å². The molecule has 0 bridgehead atoms.